The van der Waals surface area contributed by atoms with E-state index in [1.165, 1.54) is 23.8 Å². The van der Waals surface area contributed by atoms with Crippen molar-refractivity contribution in [3.8, 4) is 0 Å². The molecular formula is C23H29N5O8S3. The Morgan fingerprint density at radius 2 is 2.03 bits per heavy atom. The van der Waals surface area contributed by atoms with E-state index < -0.39 is 41.4 Å². The minimum Gasteiger partial charge on any atom is -0.445 e. The van der Waals surface area contributed by atoms with Gasteiger partial charge in [0.05, 0.1) is 24.3 Å². The molecule has 3 aliphatic rings. The number of nitrogens with one attached hydrogen (secondary N) is 1. The maximum absolute atomic E-state index is 13.4. The number of nitrogens with two attached hydrogens (primary N) is 1. The number of carbonyl (C=O) groups excluding carboxylic acids is 3. The SMILES string of the molecule is CO/N=C(\C(=O)NC1C(=O)N2C(C(=S)OCOC(=O)C(C)(C)C)=C(C3COCOC3)CS[C@H]12)c1csc(N)n1. The Morgan fingerprint density at radius 3 is 2.64 bits per heavy atom. The molecule has 1 aromatic heterocycles. The minimum atomic E-state index is -0.863. The molecule has 16 heteroatoms. The predicted molar refractivity (Wildman–Crippen MR) is 146 cm³/mol. The van der Waals surface area contributed by atoms with Gasteiger partial charge in [-0.15, -0.1) is 23.1 Å². The van der Waals surface area contributed by atoms with Crippen LogP contribution in [0.2, 0.25) is 0 Å². The van der Waals surface area contributed by atoms with Gasteiger partial charge in [0.2, 0.25) is 11.8 Å². The lowest BCUT2D eigenvalue weighted by Gasteiger charge is -2.51. The molecule has 2 saturated heterocycles. The number of aromatic nitrogens is 1. The van der Waals surface area contributed by atoms with Crippen molar-refractivity contribution in [2.75, 3.05) is 45.4 Å². The number of hydrogen-bond acceptors (Lipinski definition) is 14. The third-order valence-electron chi connectivity index (χ3n) is 5.93. The zero-order valence-electron chi connectivity index (χ0n) is 21.8. The first-order valence-corrected chi connectivity index (χ1v) is 14.2. The number of thiocarbonyl (C=S) groups is 1. The monoisotopic (exact) mass is 599 g/mol. The second-order valence-corrected chi connectivity index (χ2v) is 12.1. The highest BCUT2D eigenvalue weighted by Crippen LogP contribution is 2.43. The topological polar surface area (TPSA) is 164 Å². The van der Waals surface area contributed by atoms with Crippen molar-refractivity contribution in [1.82, 2.24) is 15.2 Å². The Labute approximate surface area is 238 Å². The quantitative estimate of drug-likeness (QED) is 0.110. The third-order valence-corrected chi connectivity index (χ3v) is 8.22. The standard InChI is InChI=1S/C23H29N5O8S3/c1-23(2,3)21(31)36-10-35-20(37)16-12(11-5-33-9-34-6-11)7-38-19-15(18(30)28(16)19)26-17(29)14(27-32-4)13-8-39-22(24)25-13/h8,11,15,19H,5-7,9-10H2,1-4H3,(H2,24,25)(H,26,29)/b27-14-/t15?,19-/m1/s1. The predicted octanol–water partition coefficient (Wildman–Crippen LogP) is 1.24. The van der Waals surface area contributed by atoms with Gasteiger partial charge in [-0.3, -0.25) is 19.3 Å². The zero-order valence-corrected chi connectivity index (χ0v) is 24.2. The fourth-order valence-electron chi connectivity index (χ4n) is 3.96. The highest BCUT2D eigenvalue weighted by atomic mass is 32.2. The second kappa shape index (κ2) is 12.2. The van der Waals surface area contributed by atoms with Gasteiger partial charge in [-0.05, 0) is 38.6 Å². The van der Waals surface area contributed by atoms with Crippen LogP contribution in [0, 0.1) is 11.3 Å². The smallest absolute Gasteiger partial charge is 0.314 e. The summed E-state index contributed by atoms with van der Waals surface area (Å²) < 4.78 is 21.8. The van der Waals surface area contributed by atoms with E-state index in [1.54, 1.807) is 26.2 Å². The molecular weight excluding hydrogens is 570 g/mol. The van der Waals surface area contributed by atoms with Gasteiger partial charge in [0.25, 0.3) is 11.8 Å². The fraction of sp³-hybridized carbons (Fsp3) is 0.565. The van der Waals surface area contributed by atoms with Crippen molar-refractivity contribution in [2.24, 2.45) is 16.5 Å². The molecule has 0 radical (unpaired) electrons. The summed E-state index contributed by atoms with van der Waals surface area (Å²) in [4.78, 5) is 49.0. The average Bonchev–Trinajstić information content (AvgIpc) is 3.34. The number of rotatable bonds is 8. The lowest BCUT2D eigenvalue weighted by Crippen LogP contribution is -2.71. The van der Waals surface area contributed by atoms with Crippen LogP contribution in [-0.4, -0.2) is 89.5 Å². The summed E-state index contributed by atoms with van der Waals surface area (Å²) in [7, 11) is 1.30. The van der Waals surface area contributed by atoms with Gasteiger partial charge in [-0.25, -0.2) is 4.98 Å². The lowest BCUT2D eigenvalue weighted by atomic mass is 9.95. The third kappa shape index (κ3) is 6.35. The van der Waals surface area contributed by atoms with Gasteiger partial charge < -0.3 is 34.8 Å². The van der Waals surface area contributed by atoms with Crippen LogP contribution in [0.15, 0.2) is 21.8 Å². The number of thiazole rings is 1. The van der Waals surface area contributed by atoms with Crippen molar-refractivity contribution in [2.45, 2.75) is 32.2 Å². The van der Waals surface area contributed by atoms with Gasteiger partial charge >= 0.3 is 5.97 Å². The van der Waals surface area contributed by atoms with E-state index in [0.717, 1.165) is 16.9 Å². The minimum absolute atomic E-state index is 0.000270. The molecule has 0 saturated carbocycles. The van der Waals surface area contributed by atoms with E-state index in [2.05, 4.69) is 15.5 Å². The van der Waals surface area contributed by atoms with Crippen LogP contribution in [0.5, 0.6) is 0 Å². The molecule has 39 heavy (non-hydrogen) atoms. The number of amides is 2. The summed E-state index contributed by atoms with van der Waals surface area (Å²) >= 11 is 8.16. The summed E-state index contributed by atoms with van der Waals surface area (Å²) in [5.74, 6) is -1.15. The summed E-state index contributed by atoms with van der Waals surface area (Å²) in [5, 5.41) is 7.86. The van der Waals surface area contributed by atoms with Crippen molar-refractivity contribution < 1.29 is 38.2 Å². The average molecular weight is 600 g/mol. The summed E-state index contributed by atoms with van der Waals surface area (Å²) in [6, 6.07) is -0.863. The van der Waals surface area contributed by atoms with Crippen molar-refractivity contribution in [3.63, 3.8) is 0 Å². The van der Waals surface area contributed by atoms with Gasteiger partial charge in [0.15, 0.2) is 10.8 Å². The lowest BCUT2D eigenvalue weighted by molar-refractivity contribution is -0.160. The van der Waals surface area contributed by atoms with Gasteiger partial charge in [-0.1, -0.05) is 5.16 Å². The van der Waals surface area contributed by atoms with E-state index in [1.807, 2.05) is 0 Å². The molecule has 4 rings (SSSR count). The Bertz CT molecular complexity index is 1200. The van der Waals surface area contributed by atoms with Crippen molar-refractivity contribution in [1.29, 1.82) is 0 Å². The second-order valence-electron chi connectivity index (χ2n) is 9.72. The van der Waals surface area contributed by atoms with Crippen molar-refractivity contribution >= 4 is 69.0 Å². The fourth-order valence-corrected chi connectivity index (χ4v) is 6.24. The number of oxime groups is 1. The highest BCUT2D eigenvalue weighted by molar-refractivity contribution is 8.00. The van der Waals surface area contributed by atoms with E-state index in [-0.39, 0.29) is 34.3 Å². The van der Waals surface area contributed by atoms with Crippen LogP contribution in [0.1, 0.15) is 26.5 Å². The molecule has 3 N–H and O–H groups in total. The summed E-state index contributed by atoms with van der Waals surface area (Å²) in [5.41, 5.74) is 6.32. The van der Waals surface area contributed by atoms with Crippen molar-refractivity contribution in [3.05, 3.63) is 22.3 Å². The molecule has 0 bridgehead atoms. The van der Waals surface area contributed by atoms with E-state index in [0.29, 0.717) is 24.7 Å². The number of anilines is 1. The van der Waals surface area contributed by atoms with Gasteiger partial charge in [-0.2, -0.15) is 0 Å². The summed E-state index contributed by atoms with van der Waals surface area (Å²) in [6.45, 7) is 5.73. The van der Waals surface area contributed by atoms with Crippen LogP contribution < -0.4 is 11.1 Å². The molecule has 0 spiro atoms. The molecule has 3 aliphatic heterocycles. The molecule has 1 unspecified atom stereocenters. The Kier molecular flexibility index (Phi) is 9.10. The molecule has 0 aliphatic carbocycles. The molecule has 1 aromatic rings. The van der Waals surface area contributed by atoms with Crippen LogP contribution in [-0.2, 0) is 38.2 Å². The van der Waals surface area contributed by atoms with Crippen LogP contribution in [0.25, 0.3) is 0 Å². The highest BCUT2D eigenvalue weighted by Gasteiger charge is 2.54. The molecule has 0 aromatic carbocycles. The number of esters is 1. The first kappa shape index (κ1) is 29.2. The number of nitrogen functional groups attached to an aromatic ring is 1. The number of ether oxygens (including phenoxy) is 4. The number of hydrogen-bond donors (Lipinski definition) is 2. The maximum atomic E-state index is 13.4. The Hall–Kier alpha value is -2.79. The molecule has 2 fully saturated rings. The van der Waals surface area contributed by atoms with Crippen LogP contribution >= 0.6 is 35.3 Å². The zero-order chi connectivity index (χ0) is 28.3. The summed E-state index contributed by atoms with van der Waals surface area (Å²) in [6.07, 6.45) is 0. The number of fused-ring (bicyclic) bond motifs is 1. The van der Waals surface area contributed by atoms with E-state index >= 15 is 0 Å². The number of thioether (sulfide) groups is 1. The van der Waals surface area contributed by atoms with Gasteiger partial charge in [0.1, 0.15) is 31.0 Å². The Morgan fingerprint density at radius 1 is 1.31 bits per heavy atom. The molecule has 212 valence electrons. The first-order chi connectivity index (χ1) is 18.5. The first-order valence-electron chi connectivity index (χ1n) is 11.8. The van der Waals surface area contributed by atoms with Crippen LogP contribution in [0.4, 0.5) is 5.13 Å². The normalized spacial score (nSPS) is 22.1. The Balaban J connectivity index is 1.52. The largest absolute Gasteiger partial charge is 0.445 e. The number of β-lactam (4-membered cyclic amide) rings is 1. The van der Waals surface area contributed by atoms with Crippen LogP contribution in [0.3, 0.4) is 0 Å². The number of nitrogens with zero attached hydrogens (tertiary/aromatic N) is 3. The number of carbonyl (C=O) groups is 3. The molecule has 4 heterocycles. The maximum Gasteiger partial charge on any atom is 0.314 e. The molecule has 2 atom stereocenters. The molecule has 13 nitrogen and oxygen atoms in total. The van der Waals surface area contributed by atoms with E-state index in [9.17, 15) is 14.4 Å². The molecule has 2 amide bonds. The van der Waals surface area contributed by atoms with E-state index in [4.69, 9.17) is 41.7 Å². The van der Waals surface area contributed by atoms with Gasteiger partial charge in [0, 0.05) is 17.1 Å².